The van der Waals surface area contributed by atoms with Crippen molar-refractivity contribution in [3.05, 3.63) is 50.6 Å². The van der Waals surface area contributed by atoms with E-state index in [0.717, 1.165) is 4.68 Å². The molecule has 0 aliphatic carbocycles. The maximum atomic E-state index is 12.4. The van der Waals surface area contributed by atoms with Gasteiger partial charge in [-0.2, -0.15) is 4.68 Å². The standard InChI is InChI=1S/C19H19N3O7S/c1-10-15(18(25)27-3)11(2)20-16(10)12(23)9-28-14(24)6-7-22-19(26)29-17(21-22)13-5-4-8-30-13/h4-5,8,20H,6-7,9H2,1-3H3. The number of aromatic amines is 1. The lowest BCUT2D eigenvalue weighted by Gasteiger charge is -2.04. The molecule has 30 heavy (non-hydrogen) atoms. The summed E-state index contributed by atoms with van der Waals surface area (Å²) in [6, 6.07) is 3.56. The van der Waals surface area contributed by atoms with E-state index in [1.165, 1.54) is 18.4 Å². The highest BCUT2D eigenvalue weighted by Crippen LogP contribution is 2.21. The first-order chi connectivity index (χ1) is 14.3. The van der Waals surface area contributed by atoms with Crippen LogP contribution in [0.3, 0.4) is 0 Å². The quantitative estimate of drug-likeness (QED) is 0.422. The molecule has 0 atom stereocenters. The highest BCUT2D eigenvalue weighted by atomic mass is 32.1. The Labute approximate surface area is 174 Å². The summed E-state index contributed by atoms with van der Waals surface area (Å²) in [4.78, 5) is 51.5. The third kappa shape index (κ3) is 4.40. The van der Waals surface area contributed by atoms with Gasteiger partial charge in [-0.25, -0.2) is 9.59 Å². The molecule has 0 amide bonds. The molecular weight excluding hydrogens is 414 g/mol. The van der Waals surface area contributed by atoms with Gasteiger partial charge >= 0.3 is 17.7 Å². The van der Waals surface area contributed by atoms with Gasteiger partial charge in [0, 0.05) is 5.69 Å². The lowest BCUT2D eigenvalue weighted by molar-refractivity contribution is -0.142. The molecule has 3 heterocycles. The second kappa shape index (κ2) is 8.91. The lowest BCUT2D eigenvalue weighted by atomic mass is 10.1. The largest absolute Gasteiger partial charge is 0.465 e. The number of carbonyl (C=O) groups excluding carboxylic acids is 3. The van der Waals surface area contributed by atoms with Crippen molar-refractivity contribution in [1.29, 1.82) is 0 Å². The summed E-state index contributed by atoms with van der Waals surface area (Å²) < 4.78 is 15.8. The Hall–Kier alpha value is -3.47. The Morgan fingerprint density at radius 2 is 2.07 bits per heavy atom. The van der Waals surface area contributed by atoms with Crippen LogP contribution in [-0.2, 0) is 20.8 Å². The molecule has 0 saturated heterocycles. The molecule has 0 bridgehead atoms. The number of methoxy groups -OCH3 is 1. The van der Waals surface area contributed by atoms with Crippen molar-refractivity contribution >= 4 is 29.1 Å². The number of rotatable bonds is 8. The molecule has 1 N–H and O–H groups in total. The van der Waals surface area contributed by atoms with E-state index in [-0.39, 0.29) is 30.1 Å². The molecule has 0 radical (unpaired) electrons. The molecule has 0 aliphatic rings. The smallest absolute Gasteiger partial charge is 0.437 e. The minimum Gasteiger partial charge on any atom is -0.465 e. The van der Waals surface area contributed by atoms with Crippen LogP contribution in [0.15, 0.2) is 26.7 Å². The second-order valence-corrected chi connectivity index (χ2v) is 7.27. The number of aryl methyl sites for hydroxylation is 2. The Morgan fingerprint density at radius 3 is 2.73 bits per heavy atom. The van der Waals surface area contributed by atoms with Crippen LogP contribution in [0.1, 0.15) is 38.5 Å². The van der Waals surface area contributed by atoms with E-state index in [1.54, 1.807) is 26.0 Å². The van der Waals surface area contributed by atoms with E-state index < -0.39 is 30.1 Å². The minimum absolute atomic E-state index is 0.0478. The van der Waals surface area contributed by atoms with Gasteiger partial charge in [-0.15, -0.1) is 16.4 Å². The number of ether oxygens (including phenoxy) is 2. The molecule has 158 valence electrons. The van der Waals surface area contributed by atoms with E-state index in [1.807, 2.05) is 5.38 Å². The van der Waals surface area contributed by atoms with Gasteiger partial charge in [-0.05, 0) is 30.9 Å². The molecule has 0 fully saturated rings. The van der Waals surface area contributed by atoms with Crippen LogP contribution in [0.4, 0.5) is 0 Å². The first-order valence-electron chi connectivity index (χ1n) is 8.90. The molecule has 3 rings (SSSR count). The average molecular weight is 433 g/mol. The number of nitrogens with zero attached hydrogens (tertiary/aromatic N) is 2. The summed E-state index contributed by atoms with van der Waals surface area (Å²) in [7, 11) is 1.25. The number of hydrogen-bond donors (Lipinski definition) is 1. The Kier molecular flexibility index (Phi) is 6.31. The third-order valence-electron chi connectivity index (χ3n) is 4.34. The van der Waals surface area contributed by atoms with Gasteiger partial charge in [-0.1, -0.05) is 6.07 Å². The molecule has 0 spiro atoms. The SMILES string of the molecule is COC(=O)c1c(C)[nH]c(C(=O)COC(=O)CCn2nc(-c3cccs3)oc2=O)c1C. The van der Waals surface area contributed by atoms with Gasteiger partial charge in [0.2, 0.25) is 5.78 Å². The highest BCUT2D eigenvalue weighted by Gasteiger charge is 2.23. The molecule has 11 heteroatoms. The van der Waals surface area contributed by atoms with Crippen molar-refractivity contribution < 1.29 is 28.3 Å². The molecule has 0 saturated carbocycles. The van der Waals surface area contributed by atoms with Gasteiger partial charge in [0.05, 0.1) is 36.2 Å². The zero-order valence-electron chi connectivity index (χ0n) is 16.5. The number of H-pyrrole nitrogens is 1. The first-order valence-corrected chi connectivity index (χ1v) is 9.78. The van der Waals surface area contributed by atoms with Crippen LogP contribution >= 0.6 is 11.3 Å². The molecule has 10 nitrogen and oxygen atoms in total. The minimum atomic E-state index is -0.685. The van der Waals surface area contributed by atoms with Crippen LogP contribution in [0.2, 0.25) is 0 Å². The van der Waals surface area contributed by atoms with Crippen molar-refractivity contribution in [2.24, 2.45) is 0 Å². The Balaban J connectivity index is 1.56. The van der Waals surface area contributed by atoms with Gasteiger partial charge in [0.25, 0.3) is 5.89 Å². The summed E-state index contributed by atoms with van der Waals surface area (Å²) >= 11 is 1.37. The van der Waals surface area contributed by atoms with Gasteiger partial charge in [0.1, 0.15) is 0 Å². The van der Waals surface area contributed by atoms with Crippen molar-refractivity contribution in [3.8, 4) is 10.8 Å². The van der Waals surface area contributed by atoms with Crippen molar-refractivity contribution in [1.82, 2.24) is 14.8 Å². The van der Waals surface area contributed by atoms with Crippen molar-refractivity contribution in [2.45, 2.75) is 26.8 Å². The second-order valence-electron chi connectivity index (χ2n) is 6.32. The Morgan fingerprint density at radius 1 is 1.30 bits per heavy atom. The normalized spacial score (nSPS) is 10.8. The summed E-state index contributed by atoms with van der Waals surface area (Å²) in [5.41, 5.74) is 1.37. The molecule has 0 aliphatic heterocycles. The maximum absolute atomic E-state index is 12.4. The fraction of sp³-hybridized carbons (Fsp3) is 0.316. The number of Topliss-reactive ketones (excluding diaryl/α,β-unsaturated/α-hetero) is 1. The topological polar surface area (TPSA) is 133 Å². The van der Waals surface area contributed by atoms with Crippen LogP contribution in [0.25, 0.3) is 10.8 Å². The van der Waals surface area contributed by atoms with Gasteiger partial charge in [-0.3, -0.25) is 9.59 Å². The maximum Gasteiger partial charge on any atom is 0.437 e. The van der Waals surface area contributed by atoms with Crippen LogP contribution in [-0.4, -0.2) is 46.2 Å². The average Bonchev–Trinajstić information content (AvgIpc) is 3.43. The van der Waals surface area contributed by atoms with E-state index >= 15 is 0 Å². The fourth-order valence-corrected chi connectivity index (χ4v) is 3.52. The van der Waals surface area contributed by atoms with E-state index in [4.69, 9.17) is 13.9 Å². The van der Waals surface area contributed by atoms with Crippen LogP contribution in [0, 0.1) is 13.8 Å². The van der Waals surface area contributed by atoms with Crippen LogP contribution < -0.4 is 5.76 Å². The van der Waals surface area contributed by atoms with E-state index in [2.05, 4.69) is 10.1 Å². The third-order valence-corrected chi connectivity index (χ3v) is 5.19. The summed E-state index contributed by atoms with van der Waals surface area (Å²) in [5, 5.41) is 5.86. The molecule has 3 aromatic rings. The molecule has 0 aromatic carbocycles. The van der Waals surface area contributed by atoms with Gasteiger partial charge < -0.3 is 18.9 Å². The summed E-state index contributed by atoms with van der Waals surface area (Å²) in [6.07, 6.45) is -0.167. The zero-order chi connectivity index (χ0) is 21.8. The number of carbonyl (C=O) groups is 3. The van der Waals surface area contributed by atoms with Crippen LogP contribution in [0.5, 0.6) is 0 Å². The van der Waals surface area contributed by atoms with Gasteiger partial charge in [0.15, 0.2) is 6.61 Å². The van der Waals surface area contributed by atoms with Crippen molar-refractivity contribution in [3.63, 3.8) is 0 Å². The molecular formula is C19H19N3O7S. The predicted octanol–water partition coefficient (Wildman–Crippen LogP) is 2.11. The number of hydrogen-bond acceptors (Lipinski definition) is 9. The highest BCUT2D eigenvalue weighted by molar-refractivity contribution is 7.13. The fourth-order valence-electron chi connectivity index (χ4n) is 2.87. The number of esters is 2. The monoisotopic (exact) mass is 433 g/mol. The number of thiophene rings is 1. The summed E-state index contributed by atoms with van der Waals surface area (Å²) in [6.45, 7) is 2.69. The Bertz CT molecular complexity index is 1140. The molecule has 0 unspecified atom stereocenters. The number of aromatic nitrogens is 3. The lowest BCUT2D eigenvalue weighted by Crippen LogP contribution is -2.20. The number of nitrogens with one attached hydrogen (secondary N) is 1. The summed E-state index contributed by atoms with van der Waals surface area (Å²) in [5.74, 6) is -2.23. The first kappa shape index (κ1) is 21.2. The van der Waals surface area contributed by atoms with Crippen molar-refractivity contribution in [2.75, 3.05) is 13.7 Å². The predicted molar refractivity (Wildman–Crippen MR) is 106 cm³/mol. The van der Waals surface area contributed by atoms with E-state index in [0.29, 0.717) is 16.1 Å². The number of ketones is 1. The van der Waals surface area contributed by atoms with E-state index in [9.17, 15) is 19.2 Å². The zero-order valence-corrected chi connectivity index (χ0v) is 17.3. The molecule has 3 aromatic heterocycles.